The number of nitrogens with one attached hydrogen (secondary N) is 3. The van der Waals surface area contributed by atoms with Crippen LogP contribution in [0.15, 0.2) is 48.7 Å². The zero-order chi connectivity index (χ0) is 31.1. The minimum atomic E-state index is -1.05. The van der Waals surface area contributed by atoms with Crippen molar-refractivity contribution >= 4 is 29.5 Å². The number of fused-ring (bicyclic) bond motifs is 1. The summed E-state index contributed by atoms with van der Waals surface area (Å²) in [5.41, 5.74) is 0.520. The van der Waals surface area contributed by atoms with E-state index in [1.165, 1.54) is 23.2 Å². The molecule has 1 aromatic carbocycles. The molecule has 230 valence electrons. The van der Waals surface area contributed by atoms with Crippen LogP contribution < -0.4 is 16.0 Å². The van der Waals surface area contributed by atoms with Crippen LogP contribution in [0.4, 0.5) is 0 Å². The first-order chi connectivity index (χ1) is 20.6. The molecular weight excluding hydrogens is 556 g/mol. The second-order valence-corrected chi connectivity index (χ2v) is 11.0. The van der Waals surface area contributed by atoms with Gasteiger partial charge in [0.2, 0.25) is 23.6 Å². The van der Waals surface area contributed by atoms with E-state index in [9.17, 15) is 34.2 Å². The number of rotatable bonds is 5. The predicted octanol–water partition coefficient (Wildman–Crippen LogP) is -0.421. The maximum Gasteiger partial charge on any atom is 0.276 e. The van der Waals surface area contributed by atoms with Crippen LogP contribution >= 0.6 is 0 Å². The first-order valence-electron chi connectivity index (χ1n) is 14.4. The van der Waals surface area contributed by atoms with Gasteiger partial charge < -0.3 is 36.0 Å². The Morgan fingerprint density at radius 2 is 1.81 bits per heavy atom. The molecule has 3 heterocycles. The number of aliphatic hydroxyl groups is 1. The number of hydrogen-bond acceptors (Lipinski definition) is 8. The second-order valence-electron chi connectivity index (χ2n) is 11.0. The SMILES string of the molecule is CC[C@H](C)[C@@H]1NC(=O)CN(C(=O)c2ncccc2O)CCNC(=O)[C@H](Cc2ccccc2)NC(=O)[C@@H]2C[C@@H](O)CN2C1=O. The molecule has 5 N–H and O–H groups in total. The standard InChI is InChI=1S/C30H38N6O7/c1-3-18(2)25-30(43)36-16-20(37)15-22(36)28(41)33-21(14-19-8-5-4-6-9-19)27(40)32-12-13-35(17-24(39)34-25)29(42)26-23(38)10-7-11-31-26/h4-11,18,20-22,25,37-38H,3,12-17H2,1-2H3,(H,32,40)(H,33,41)(H,34,39)/t18-,20+,21-,22-,25-/m0/s1. The summed E-state index contributed by atoms with van der Waals surface area (Å²) in [6.45, 7) is 2.84. The van der Waals surface area contributed by atoms with Crippen LogP contribution in [0.2, 0.25) is 0 Å². The molecule has 2 fully saturated rings. The molecule has 5 atom stereocenters. The highest BCUT2D eigenvalue weighted by Gasteiger charge is 2.43. The number of pyridine rings is 1. The zero-order valence-corrected chi connectivity index (χ0v) is 24.2. The van der Waals surface area contributed by atoms with Crippen molar-refractivity contribution in [3.8, 4) is 5.75 Å². The lowest BCUT2D eigenvalue weighted by Crippen LogP contribution is -2.58. The van der Waals surface area contributed by atoms with E-state index in [-0.39, 0.29) is 49.8 Å². The van der Waals surface area contributed by atoms with Crippen molar-refractivity contribution < 1.29 is 34.2 Å². The predicted molar refractivity (Wildman–Crippen MR) is 154 cm³/mol. The van der Waals surface area contributed by atoms with E-state index in [4.69, 9.17) is 0 Å². The first-order valence-corrected chi connectivity index (χ1v) is 14.4. The van der Waals surface area contributed by atoms with Crippen LogP contribution in [0.3, 0.4) is 0 Å². The van der Waals surface area contributed by atoms with E-state index in [0.717, 1.165) is 10.5 Å². The lowest BCUT2D eigenvalue weighted by atomic mass is 9.97. The molecule has 5 amide bonds. The average molecular weight is 595 g/mol. The van der Waals surface area contributed by atoms with E-state index in [2.05, 4.69) is 20.9 Å². The Labute approximate surface area is 249 Å². The van der Waals surface area contributed by atoms with Crippen LogP contribution in [0, 0.1) is 5.92 Å². The van der Waals surface area contributed by atoms with Crippen molar-refractivity contribution in [1.82, 2.24) is 30.7 Å². The van der Waals surface area contributed by atoms with Crippen LogP contribution in [0.5, 0.6) is 5.75 Å². The minimum Gasteiger partial charge on any atom is -0.505 e. The minimum absolute atomic E-state index is 0.0196. The zero-order valence-electron chi connectivity index (χ0n) is 24.2. The summed E-state index contributed by atoms with van der Waals surface area (Å²) in [5, 5.41) is 28.9. The lowest BCUT2D eigenvalue weighted by molar-refractivity contribution is -0.143. The number of carbonyl (C=O) groups excluding carboxylic acids is 5. The van der Waals surface area contributed by atoms with Gasteiger partial charge in [0.15, 0.2) is 5.69 Å². The van der Waals surface area contributed by atoms with Gasteiger partial charge in [0.05, 0.1) is 12.6 Å². The van der Waals surface area contributed by atoms with Gasteiger partial charge in [-0.2, -0.15) is 0 Å². The van der Waals surface area contributed by atoms with E-state index in [1.807, 2.05) is 37.3 Å². The molecule has 13 nitrogen and oxygen atoms in total. The number of aromatic nitrogens is 1. The van der Waals surface area contributed by atoms with Crippen molar-refractivity contribution in [2.45, 2.75) is 57.3 Å². The van der Waals surface area contributed by atoms with Crippen molar-refractivity contribution in [2.24, 2.45) is 5.92 Å². The van der Waals surface area contributed by atoms with Crippen LogP contribution in [0.25, 0.3) is 0 Å². The van der Waals surface area contributed by atoms with E-state index < -0.39 is 60.3 Å². The van der Waals surface area contributed by atoms with Crippen molar-refractivity contribution in [3.05, 3.63) is 59.9 Å². The quantitative estimate of drug-likeness (QED) is 0.309. The molecule has 0 radical (unpaired) electrons. The Hall–Kier alpha value is -4.52. The molecule has 0 spiro atoms. The Morgan fingerprint density at radius 3 is 2.51 bits per heavy atom. The smallest absolute Gasteiger partial charge is 0.276 e. The molecule has 4 rings (SSSR count). The number of carbonyl (C=O) groups is 5. The third kappa shape index (κ3) is 7.66. The van der Waals surface area contributed by atoms with Crippen molar-refractivity contribution in [3.63, 3.8) is 0 Å². The number of nitrogens with zero attached hydrogens (tertiary/aromatic N) is 3. The van der Waals surface area contributed by atoms with E-state index in [0.29, 0.717) is 6.42 Å². The summed E-state index contributed by atoms with van der Waals surface area (Å²) in [5.74, 6) is -3.76. The Bertz CT molecular complexity index is 1340. The van der Waals surface area contributed by atoms with Gasteiger partial charge in [0, 0.05) is 38.7 Å². The number of aliphatic hydroxyl groups excluding tert-OH is 1. The fourth-order valence-corrected chi connectivity index (χ4v) is 5.29. The van der Waals surface area contributed by atoms with Gasteiger partial charge in [-0.25, -0.2) is 4.98 Å². The van der Waals surface area contributed by atoms with Gasteiger partial charge in [-0.3, -0.25) is 24.0 Å². The average Bonchev–Trinajstić information content (AvgIpc) is 3.40. The second kappa shape index (κ2) is 14.1. The first kappa shape index (κ1) is 31.4. The molecule has 0 bridgehead atoms. The Morgan fingerprint density at radius 1 is 1.07 bits per heavy atom. The molecule has 2 saturated heterocycles. The molecule has 13 heteroatoms. The highest BCUT2D eigenvalue weighted by atomic mass is 16.3. The third-order valence-corrected chi connectivity index (χ3v) is 7.87. The van der Waals surface area contributed by atoms with Gasteiger partial charge in [-0.15, -0.1) is 0 Å². The number of amides is 5. The van der Waals surface area contributed by atoms with Gasteiger partial charge in [0.25, 0.3) is 5.91 Å². The molecular formula is C30H38N6O7. The summed E-state index contributed by atoms with van der Waals surface area (Å²) in [6.07, 6.45) is 1.02. The highest BCUT2D eigenvalue weighted by Crippen LogP contribution is 2.23. The van der Waals surface area contributed by atoms with Crippen molar-refractivity contribution in [1.29, 1.82) is 0 Å². The Balaban J connectivity index is 1.69. The fraction of sp³-hybridized carbons (Fsp3) is 0.467. The van der Waals surface area contributed by atoms with Gasteiger partial charge in [-0.1, -0.05) is 50.6 Å². The summed E-state index contributed by atoms with van der Waals surface area (Å²) in [7, 11) is 0. The summed E-state index contributed by atoms with van der Waals surface area (Å²) in [4.78, 5) is 73.7. The molecule has 2 aromatic rings. The van der Waals surface area contributed by atoms with E-state index in [1.54, 1.807) is 6.92 Å². The topological polar surface area (TPSA) is 181 Å². The fourth-order valence-electron chi connectivity index (χ4n) is 5.29. The number of hydrogen-bond donors (Lipinski definition) is 5. The summed E-state index contributed by atoms with van der Waals surface area (Å²) < 4.78 is 0. The molecule has 43 heavy (non-hydrogen) atoms. The third-order valence-electron chi connectivity index (χ3n) is 7.87. The van der Waals surface area contributed by atoms with Crippen LogP contribution in [0.1, 0.15) is 42.7 Å². The molecule has 2 aliphatic rings. The highest BCUT2D eigenvalue weighted by molar-refractivity contribution is 5.98. The number of aromatic hydroxyl groups is 1. The van der Waals surface area contributed by atoms with Crippen molar-refractivity contribution in [2.75, 3.05) is 26.2 Å². The normalized spacial score (nSPS) is 24.6. The monoisotopic (exact) mass is 594 g/mol. The van der Waals surface area contributed by atoms with Crippen LogP contribution in [-0.2, 0) is 25.6 Å². The van der Waals surface area contributed by atoms with Gasteiger partial charge >= 0.3 is 0 Å². The lowest BCUT2D eigenvalue weighted by Gasteiger charge is -2.32. The van der Waals surface area contributed by atoms with Gasteiger partial charge in [-0.05, 0) is 23.6 Å². The summed E-state index contributed by atoms with van der Waals surface area (Å²) >= 11 is 0. The van der Waals surface area contributed by atoms with Gasteiger partial charge in [0.1, 0.15) is 23.9 Å². The van der Waals surface area contributed by atoms with Crippen LogP contribution in [-0.4, -0.2) is 105 Å². The molecule has 1 aromatic heterocycles. The maximum absolute atomic E-state index is 13.8. The molecule has 2 aliphatic heterocycles. The maximum atomic E-state index is 13.8. The largest absolute Gasteiger partial charge is 0.505 e. The molecule has 0 unspecified atom stereocenters. The summed E-state index contributed by atoms with van der Waals surface area (Å²) in [6, 6.07) is 8.73. The van der Waals surface area contributed by atoms with E-state index >= 15 is 0 Å². The molecule has 0 aliphatic carbocycles. The Kier molecular flexibility index (Phi) is 10.3. The number of benzene rings is 1. The molecule has 0 saturated carbocycles.